The molecular formula is C56H39N3O. The highest BCUT2D eigenvalue weighted by atomic mass is 16.3. The summed E-state index contributed by atoms with van der Waals surface area (Å²) < 4.78 is 8.87. The largest absolute Gasteiger partial charge is 0.456 e. The van der Waals surface area contributed by atoms with Crippen molar-refractivity contribution in [3.8, 4) is 11.1 Å². The van der Waals surface area contributed by atoms with Crippen LogP contribution in [0, 0.1) is 5.92 Å². The SMILES string of the molecule is CCC1C=C(c2ccccc2)N=C(c2cccc3oc4ccccc4c23)N=C1n1c2ccccc2c2cc3c(cc21)-c1ccccc1C31C2=C(C=CCC2)c2ccccc21. The van der Waals surface area contributed by atoms with Gasteiger partial charge < -0.3 is 4.42 Å². The van der Waals surface area contributed by atoms with Gasteiger partial charge in [-0.3, -0.25) is 4.57 Å². The molecule has 284 valence electrons. The fraction of sp³-hybridized carbons (Fsp3) is 0.107. The molecule has 2 unspecified atom stereocenters. The molecule has 4 nitrogen and oxygen atoms in total. The van der Waals surface area contributed by atoms with E-state index in [4.69, 9.17) is 14.4 Å². The molecule has 1 aliphatic heterocycles. The van der Waals surface area contributed by atoms with Crippen LogP contribution < -0.4 is 0 Å². The molecule has 0 radical (unpaired) electrons. The average Bonchev–Trinajstić information content (AvgIpc) is 3.98. The molecule has 4 heteroatoms. The number of benzene rings is 7. The third-order valence-electron chi connectivity index (χ3n) is 13.6. The molecule has 7 aromatic carbocycles. The van der Waals surface area contributed by atoms with E-state index in [1.807, 2.05) is 18.2 Å². The first-order valence-electron chi connectivity index (χ1n) is 21.3. The Balaban J connectivity index is 1.12. The van der Waals surface area contributed by atoms with E-state index in [0.717, 1.165) is 74.9 Å². The zero-order valence-electron chi connectivity index (χ0n) is 33.2. The first-order valence-corrected chi connectivity index (χ1v) is 21.3. The van der Waals surface area contributed by atoms with Crippen molar-refractivity contribution in [2.24, 2.45) is 15.9 Å². The molecule has 3 aliphatic carbocycles. The van der Waals surface area contributed by atoms with Crippen molar-refractivity contribution in [2.75, 3.05) is 0 Å². The lowest BCUT2D eigenvalue weighted by molar-refractivity contribution is 0.669. The van der Waals surface area contributed by atoms with E-state index in [-0.39, 0.29) is 11.3 Å². The summed E-state index contributed by atoms with van der Waals surface area (Å²) in [4.78, 5) is 11.3. The molecule has 60 heavy (non-hydrogen) atoms. The number of hydrogen-bond donors (Lipinski definition) is 0. The van der Waals surface area contributed by atoms with Gasteiger partial charge in [-0.2, -0.15) is 0 Å². The molecule has 0 fully saturated rings. The monoisotopic (exact) mass is 769 g/mol. The highest BCUT2D eigenvalue weighted by Crippen LogP contribution is 2.64. The quantitative estimate of drug-likeness (QED) is 0.176. The second-order valence-corrected chi connectivity index (χ2v) is 16.6. The van der Waals surface area contributed by atoms with Crippen LogP contribution in [0.1, 0.15) is 59.6 Å². The van der Waals surface area contributed by atoms with Crippen molar-refractivity contribution >= 4 is 66.7 Å². The van der Waals surface area contributed by atoms with Crippen molar-refractivity contribution in [1.29, 1.82) is 0 Å². The molecular weight excluding hydrogens is 731 g/mol. The van der Waals surface area contributed by atoms with Gasteiger partial charge in [-0.15, -0.1) is 0 Å². The van der Waals surface area contributed by atoms with Crippen molar-refractivity contribution in [1.82, 2.24) is 4.57 Å². The van der Waals surface area contributed by atoms with Gasteiger partial charge >= 0.3 is 0 Å². The number of hydrogen-bond acceptors (Lipinski definition) is 3. The lowest BCUT2D eigenvalue weighted by Crippen LogP contribution is -2.27. The Hall–Kier alpha value is -7.30. The molecule has 3 heterocycles. The summed E-state index contributed by atoms with van der Waals surface area (Å²) in [6.07, 6.45) is 10.0. The van der Waals surface area contributed by atoms with Gasteiger partial charge in [-0.25, -0.2) is 9.98 Å². The van der Waals surface area contributed by atoms with E-state index in [2.05, 4.69) is 169 Å². The number of rotatable bonds is 3. The average molecular weight is 770 g/mol. The maximum Gasteiger partial charge on any atom is 0.162 e. The van der Waals surface area contributed by atoms with Gasteiger partial charge in [0, 0.05) is 33.0 Å². The molecule has 4 aliphatic rings. The number of para-hydroxylation sites is 2. The summed E-state index contributed by atoms with van der Waals surface area (Å²) in [5, 5.41) is 4.55. The minimum Gasteiger partial charge on any atom is -0.456 e. The van der Waals surface area contributed by atoms with Gasteiger partial charge in [0.15, 0.2) is 5.84 Å². The molecule has 0 saturated carbocycles. The summed E-state index contributed by atoms with van der Waals surface area (Å²) >= 11 is 0. The summed E-state index contributed by atoms with van der Waals surface area (Å²) in [6.45, 7) is 2.27. The number of nitrogens with zero attached hydrogens (tertiary/aromatic N) is 3. The Kier molecular flexibility index (Phi) is 7.07. The Morgan fingerprint density at radius 1 is 0.617 bits per heavy atom. The second-order valence-electron chi connectivity index (χ2n) is 16.6. The number of allylic oxidation sites excluding steroid dienone is 5. The summed E-state index contributed by atoms with van der Waals surface area (Å²) in [6, 6.07) is 57.3. The molecule has 2 atom stereocenters. The van der Waals surface area contributed by atoms with Gasteiger partial charge in [-0.05, 0) is 106 Å². The number of fused-ring (bicyclic) bond motifs is 15. The predicted octanol–water partition coefficient (Wildman–Crippen LogP) is 13.9. The lowest BCUT2D eigenvalue weighted by atomic mass is 9.68. The normalized spacial score (nSPS) is 19.1. The van der Waals surface area contributed by atoms with Crippen molar-refractivity contribution < 1.29 is 4.42 Å². The second kappa shape index (κ2) is 12.6. The smallest absolute Gasteiger partial charge is 0.162 e. The van der Waals surface area contributed by atoms with E-state index >= 15 is 0 Å². The van der Waals surface area contributed by atoms with E-state index in [1.54, 1.807) is 0 Å². The Morgan fingerprint density at radius 3 is 2.20 bits per heavy atom. The summed E-state index contributed by atoms with van der Waals surface area (Å²) in [7, 11) is 0. The first kappa shape index (κ1) is 33.6. The maximum atomic E-state index is 6.42. The number of aliphatic imine (C=N–C) groups is 2. The third-order valence-corrected chi connectivity index (χ3v) is 13.6. The van der Waals surface area contributed by atoms with E-state index in [9.17, 15) is 0 Å². The van der Waals surface area contributed by atoms with Crippen molar-refractivity contribution in [3.05, 3.63) is 215 Å². The van der Waals surface area contributed by atoms with Crippen LogP contribution in [0.4, 0.5) is 0 Å². The highest BCUT2D eigenvalue weighted by molar-refractivity contribution is 6.24. The minimum absolute atomic E-state index is 0.0314. The standard InChI is InChI=1S/C56H39N3O/c1-2-34-31-48(35-17-4-3-5-18-35)57-54(41-24-16-30-52-53(41)40-23-10-15-29-51(40)60-52)58-55(34)59-49-28-14-9-22-39(49)43-32-47-42(33-50(43)59)38-21-8-13-27-46(38)56(47)44-25-11-6-19-36(44)37-20-7-12-26-45(37)56/h3-11,13-25,27-34H,2,12,26H2,1H3. The molecule has 1 spiro atoms. The van der Waals surface area contributed by atoms with Crippen LogP contribution in [0.5, 0.6) is 0 Å². The number of furan rings is 1. The molecule has 0 amide bonds. The van der Waals surface area contributed by atoms with Gasteiger partial charge in [0.25, 0.3) is 0 Å². The Labute approximate surface area is 347 Å². The van der Waals surface area contributed by atoms with E-state index in [0.29, 0.717) is 5.84 Å². The first-order chi connectivity index (χ1) is 29.7. The van der Waals surface area contributed by atoms with E-state index < -0.39 is 0 Å². The Morgan fingerprint density at radius 2 is 1.33 bits per heavy atom. The van der Waals surface area contributed by atoms with Crippen molar-refractivity contribution in [3.63, 3.8) is 0 Å². The van der Waals surface area contributed by atoms with Gasteiger partial charge in [-0.1, -0.05) is 146 Å². The Bertz CT molecular complexity index is 3480. The summed E-state index contributed by atoms with van der Waals surface area (Å²) in [5.74, 6) is 1.61. The predicted molar refractivity (Wildman–Crippen MR) is 248 cm³/mol. The van der Waals surface area contributed by atoms with Gasteiger partial charge in [0.05, 0.1) is 22.1 Å². The minimum atomic E-state index is -0.342. The fourth-order valence-electron chi connectivity index (χ4n) is 11.1. The molecule has 13 rings (SSSR count). The molecule has 0 N–H and O–H groups in total. The zero-order valence-corrected chi connectivity index (χ0v) is 33.2. The van der Waals surface area contributed by atoms with Crippen LogP contribution in [0.25, 0.3) is 66.1 Å². The van der Waals surface area contributed by atoms with Crippen LogP contribution >= 0.6 is 0 Å². The summed E-state index contributed by atoms with van der Waals surface area (Å²) in [5.41, 5.74) is 17.7. The number of amidine groups is 1. The third kappa shape index (κ3) is 4.45. The lowest BCUT2D eigenvalue weighted by Gasteiger charge is -2.33. The number of aromatic nitrogens is 1. The van der Waals surface area contributed by atoms with Crippen LogP contribution in [0.2, 0.25) is 0 Å². The van der Waals surface area contributed by atoms with Gasteiger partial charge in [0.1, 0.15) is 17.0 Å². The zero-order chi connectivity index (χ0) is 39.5. The topological polar surface area (TPSA) is 42.8 Å². The van der Waals surface area contributed by atoms with E-state index in [1.165, 1.54) is 55.3 Å². The van der Waals surface area contributed by atoms with Crippen LogP contribution in [0.3, 0.4) is 0 Å². The molecule has 0 bridgehead atoms. The van der Waals surface area contributed by atoms with Crippen LogP contribution in [-0.2, 0) is 5.41 Å². The van der Waals surface area contributed by atoms with Crippen LogP contribution in [-0.4, -0.2) is 16.2 Å². The molecule has 9 aromatic rings. The van der Waals surface area contributed by atoms with Crippen molar-refractivity contribution in [2.45, 2.75) is 31.6 Å². The van der Waals surface area contributed by atoms with Gasteiger partial charge in [0.2, 0.25) is 0 Å². The maximum absolute atomic E-state index is 6.42. The van der Waals surface area contributed by atoms with Crippen LogP contribution in [0.15, 0.2) is 196 Å². The highest BCUT2D eigenvalue weighted by Gasteiger charge is 2.52. The molecule has 0 saturated heterocycles. The molecule has 2 aromatic heterocycles. The fourth-order valence-corrected chi connectivity index (χ4v) is 11.1.